The fraction of sp³-hybridized carbons (Fsp3) is 0.500. The lowest BCUT2D eigenvalue weighted by molar-refractivity contribution is -0.116. The standard InChI is InChI=1S/C16H23N3O2/c1-16(2,3)11-12(18)9-15(20)19-13-5-4-6-14(10-13)21-8-7-17/h4-6,10,12H,8-9,11,18H2,1-3H3,(H,19,20). The number of nitrogens with two attached hydrogens (primary N) is 1. The largest absolute Gasteiger partial charge is 0.479 e. The van der Waals surface area contributed by atoms with Crippen LogP contribution < -0.4 is 15.8 Å². The first kappa shape index (κ1) is 17.0. The Hall–Kier alpha value is -2.06. The molecule has 0 aliphatic carbocycles. The number of hydrogen-bond acceptors (Lipinski definition) is 4. The molecule has 0 aromatic heterocycles. The topological polar surface area (TPSA) is 88.1 Å². The number of amides is 1. The van der Waals surface area contributed by atoms with Gasteiger partial charge in [0.05, 0.1) is 0 Å². The van der Waals surface area contributed by atoms with Crippen molar-refractivity contribution in [2.24, 2.45) is 11.1 Å². The zero-order valence-electron chi connectivity index (χ0n) is 12.8. The molecule has 3 N–H and O–H groups in total. The van der Waals surface area contributed by atoms with Crippen LogP contribution in [0.1, 0.15) is 33.6 Å². The minimum Gasteiger partial charge on any atom is -0.479 e. The quantitative estimate of drug-likeness (QED) is 0.842. The summed E-state index contributed by atoms with van der Waals surface area (Å²) in [6.45, 7) is 6.27. The molecule has 0 bridgehead atoms. The third-order valence-corrected chi connectivity index (χ3v) is 2.74. The number of benzene rings is 1. The Kier molecular flexibility index (Phi) is 6.19. The van der Waals surface area contributed by atoms with E-state index in [0.29, 0.717) is 11.4 Å². The van der Waals surface area contributed by atoms with Crippen LogP contribution >= 0.6 is 0 Å². The van der Waals surface area contributed by atoms with Crippen molar-refractivity contribution in [3.63, 3.8) is 0 Å². The molecule has 5 heteroatoms. The fourth-order valence-electron chi connectivity index (χ4n) is 2.09. The molecule has 0 saturated carbocycles. The van der Waals surface area contributed by atoms with Crippen molar-refractivity contribution in [2.45, 2.75) is 39.7 Å². The van der Waals surface area contributed by atoms with Gasteiger partial charge in [0.1, 0.15) is 11.8 Å². The molecule has 1 aromatic carbocycles. The lowest BCUT2D eigenvalue weighted by atomic mass is 9.87. The first-order chi connectivity index (χ1) is 9.80. The van der Waals surface area contributed by atoms with Gasteiger partial charge >= 0.3 is 0 Å². The molecular formula is C16H23N3O2. The minimum atomic E-state index is -0.164. The molecule has 1 aromatic rings. The molecule has 0 aliphatic heterocycles. The molecule has 5 nitrogen and oxygen atoms in total. The Labute approximate surface area is 126 Å². The highest BCUT2D eigenvalue weighted by atomic mass is 16.5. The van der Waals surface area contributed by atoms with E-state index in [1.165, 1.54) is 0 Å². The molecule has 1 amide bonds. The summed E-state index contributed by atoms with van der Waals surface area (Å²) in [6, 6.07) is 8.69. The monoisotopic (exact) mass is 289 g/mol. The van der Waals surface area contributed by atoms with E-state index in [0.717, 1.165) is 6.42 Å². The van der Waals surface area contributed by atoms with E-state index >= 15 is 0 Å². The molecule has 114 valence electrons. The van der Waals surface area contributed by atoms with Gasteiger partial charge in [0.2, 0.25) is 5.91 Å². The number of hydrogen-bond donors (Lipinski definition) is 2. The molecule has 0 radical (unpaired) electrons. The Morgan fingerprint density at radius 1 is 1.48 bits per heavy atom. The summed E-state index contributed by atoms with van der Waals surface area (Å²) in [4.78, 5) is 11.9. The van der Waals surface area contributed by atoms with Crippen LogP contribution in [0.5, 0.6) is 5.75 Å². The maximum atomic E-state index is 11.9. The lowest BCUT2D eigenvalue weighted by Crippen LogP contribution is -2.31. The highest BCUT2D eigenvalue weighted by Crippen LogP contribution is 2.22. The summed E-state index contributed by atoms with van der Waals surface area (Å²) in [6.07, 6.45) is 1.06. The van der Waals surface area contributed by atoms with Crippen molar-refractivity contribution in [1.29, 1.82) is 5.26 Å². The van der Waals surface area contributed by atoms with Gasteiger partial charge < -0.3 is 15.8 Å². The fourth-order valence-corrected chi connectivity index (χ4v) is 2.09. The van der Waals surface area contributed by atoms with Gasteiger partial charge in [-0.1, -0.05) is 26.8 Å². The van der Waals surface area contributed by atoms with E-state index < -0.39 is 0 Å². The number of ether oxygens (including phenoxy) is 1. The van der Waals surface area contributed by atoms with Crippen molar-refractivity contribution in [3.8, 4) is 11.8 Å². The highest BCUT2D eigenvalue weighted by Gasteiger charge is 2.18. The van der Waals surface area contributed by atoms with Crippen molar-refractivity contribution in [1.82, 2.24) is 0 Å². The molecular weight excluding hydrogens is 266 g/mol. The van der Waals surface area contributed by atoms with Crippen LogP contribution in [-0.2, 0) is 4.79 Å². The summed E-state index contributed by atoms with van der Waals surface area (Å²) in [5, 5.41) is 11.3. The number of rotatable bonds is 6. The predicted molar refractivity (Wildman–Crippen MR) is 82.8 cm³/mol. The summed E-state index contributed by atoms with van der Waals surface area (Å²) in [5.41, 5.74) is 6.73. The van der Waals surface area contributed by atoms with E-state index in [1.807, 2.05) is 6.07 Å². The molecule has 1 unspecified atom stereocenters. The summed E-state index contributed by atoms with van der Waals surface area (Å²) in [5.74, 6) is 0.428. The molecule has 0 spiro atoms. The lowest BCUT2D eigenvalue weighted by Gasteiger charge is -2.22. The van der Waals surface area contributed by atoms with Gasteiger partial charge in [0, 0.05) is 24.2 Å². The predicted octanol–water partition coefficient (Wildman–Crippen LogP) is 2.68. The van der Waals surface area contributed by atoms with Gasteiger partial charge in [-0.15, -0.1) is 0 Å². The molecule has 1 atom stereocenters. The average molecular weight is 289 g/mol. The van der Waals surface area contributed by atoms with Gasteiger partial charge in [-0.05, 0) is 24.0 Å². The zero-order chi connectivity index (χ0) is 15.9. The van der Waals surface area contributed by atoms with Crippen molar-refractivity contribution in [2.75, 3.05) is 11.9 Å². The van der Waals surface area contributed by atoms with Gasteiger partial charge in [-0.3, -0.25) is 4.79 Å². The maximum absolute atomic E-state index is 11.9. The number of carbonyl (C=O) groups is 1. The SMILES string of the molecule is CC(C)(C)CC(N)CC(=O)Nc1cccc(OCC#N)c1. The molecule has 0 aliphatic rings. The molecule has 21 heavy (non-hydrogen) atoms. The van der Waals surface area contributed by atoms with Gasteiger partial charge in [0.15, 0.2) is 6.61 Å². The van der Waals surface area contributed by atoms with Gasteiger partial charge in [-0.25, -0.2) is 0 Å². The van der Waals surface area contributed by atoms with Crippen molar-refractivity contribution >= 4 is 11.6 Å². The normalized spacial score (nSPS) is 12.3. The Bertz CT molecular complexity index is 515. The molecule has 0 saturated heterocycles. The summed E-state index contributed by atoms with van der Waals surface area (Å²) in [7, 11) is 0. The van der Waals surface area contributed by atoms with E-state index in [2.05, 4.69) is 26.1 Å². The van der Waals surface area contributed by atoms with Gasteiger partial charge in [0.25, 0.3) is 0 Å². The van der Waals surface area contributed by atoms with E-state index in [9.17, 15) is 4.79 Å². The molecule has 1 rings (SSSR count). The summed E-state index contributed by atoms with van der Waals surface area (Å²) >= 11 is 0. The maximum Gasteiger partial charge on any atom is 0.225 e. The average Bonchev–Trinajstić information content (AvgIpc) is 2.34. The van der Waals surface area contributed by atoms with Crippen LogP contribution in [0.4, 0.5) is 5.69 Å². The third-order valence-electron chi connectivity index (χ3n) is 2.74. The van der Waals surface area contributed by atoms with E-state index in [-0.39, 0.29) is 30.4 Å². The zero-order valence-corrected chi connectivity index (χ0v) is 12.8. The number of nitrogens with zero attached hydrogens (tertiary/aromatic N) is 1. The second-order valence-corrected chi connectivity index (χ2v) is 6.25. The van der Waals surface area contributed by atoms with E-state index in [4.69, 9.17) is 15.7 Å². The Morgan fingerprint density at radius 3 is 2.81 bits per heavy atom. The van der Waals surface area contributed by atoms with Crippen molar-refractivity contribution < 1.29 is 9.53 Å². The molecule has 0 heterocycles. The number of nitrogens with one attached hydrogen (secondary N) is 1. The Morgan fingerprint density at radius 2 is 2.19 bits per heavy atom. The van der Waals surface area contributed by atoms with Gasteiger partial charge in [-0.2, -0.15) is 5.26 Å². The second-order valence-electron chi connectivity index (χ2n) is 6.25. The van der Waals surface area contributed by atoms with Crippen LogP contribution in [0.25, 0.3) is 0 Å². The van der Waals surface area contributed by atoms with Crippen LogP contribution in [0.3, 0.4) is 0 Å². The smallest absolute Gasteiger partial charge is 0.225 e. The highest BCUT2D eigenvalue weighted by molar-refractivity contribution is 5.91. The van der Waals surface area contributed by atoms with Crippen LogP contribution in [0, 0.1) is 16.7 Å². The Balaban J connectivity index is 2.53. The molecule has 0 fully saturated rings. The number of carbonyl (C=O) groups excluding carboxylic acids is 1. The third kappa shape index (κ3) is 7.33. The van der Waals surface area contributed by atoms with Crippen molar-refractivity contribution in [3.05, 3.63) is 24.3 Å². The van der Waals surface area contributed by atoms with E-state index in [1.54, 1.807) is 24.3 Å². The number of anilines is 1. The van der Waals surface area contributed by atoms with Crippen LogP contribution in [0.2, 0.25) is 0 Å². The first-order valence-corrected chi connectivity index (χ1v) is 6.95. The summed E-state index contributed by atoms with van der Waals surface area (Å²) < 4.78 is 5.19. The number of nitriles is 1. The minimum absolute atomic E-state index is 0.0200. The second kappa shape index (κ2) is 7.65. The van der Waals surface area contributed by atoms with Crippen LogP contribution in [0.15, 0.2) is 24.3 Å². The first-order valence-electron chi connectivity index (χ1n) is 6.95. The van der Waals surface area contributed by atoms with Crippen LogP contribution in [-0.4, -0.2) is 18.6 Å².